The van der Waals surface area contributed by atoms with Crippen LogP contribution in [0.3, 0.4) is 0 Å². The van der Waals surface area contributed by atoms with Gasteiger partial charge in [0, 0.05) is 11.6 Å². The maximum atomic E-state index is 13.4. The third-order valence-electron chi connectivity index (χ3n) is 6.83. The Morgan fingerprint density at radius 3 is 2.37 bits per heavy atom. The summed E-state index contributed by atoms with van der Waals surface area (Å²) in [6.07, 6.45) is 6.46. The van der Waals surface area contributed by atoms with E-state index in [-0.39, 0.29) is 11.9 Å². The molecule has 0 aromatic heterocycles. The van der Waals surface area contributed by atoms with E-state index in [2.05, 4.69) is 47.9 Å². The minimum atomic E-state index is -1.01. The van der Waals surface area contributed by atoms with Gasteiger partial charge in [-0.2, -0.15) is 11.8 Å². The molecule has 3 rings (SSSR count). The maximum Gasteiger partial charge on any atom is 0.326 e. The number of hydrogen-bond acceptors (Lipinski definition) is 4. The van der Waals surface area contributed by atoms with E-state index in [0.717, 1.165) is 54.5 Å². The van der Waals surface area contributed by atoms with Crippen molar-refractivity contribution >= 4 is 23.6 Å². The molecule has 6 heteroatoms. The van der Waals surface area contributed by atoms with Crippen LogP contribution in [0.1, 0.15) is 65.7 Å². The molecule has 0 aliphatic heterocycles. The molecule has 3 N–H and O–H groups in total. The highest BCUT2D eigenvalue weighted by atomic mass is 32.2. The molecule has 1 amide bonds. The van der Waals surface area contributed by atoms with Crippen molar-refractivity contribution < 1.29 is 14.7 Å². The number of aliphatic carboxylic acids is 1. The molecule has 0 heterocycles. The van der Waals surface area contributed by atoms with E-state index in [9.17, 15) is 14.7 Å². The number of nitrogens with one attached hydrogen (secondary N) is 2. The largest absolute Gasteiger partial charge is 0.480 e. The molecule has 2 atom stereocenters. The van der Waals surface area contributed by atoms with Crippen LogP contribution in [0.15, 0.2) is 72.8 Å². The minimum Gasteiger partial charge on any atom is -0.480 e. The summed E-state index contributed by atoms with van der Waals surface area (Å²) >= 11 is 1.57. The van der Waals surface area contributed by atoms with Crippen LogP contribution < -0.4 is 10.6 Å². The number of thioether (sulfide) groups is 1. The molecule has 5 nitrogen and oxygen atoms in total. The summed E-state index contributed by atoms with van der Waals surface area (Å²) in [7, 11) is 0. The molecular formula is C32H40N2O3S. The Labute approximate surface area is 231 Å². The molecular weight excluding hydrogens is 492 g/mol. The molecule has 38 heavy (non-hydrogen) atoms. The van der Waals surface area contributed by atoms with Crippen LogP contribution in [0, 0.1) is 6.92 Å². The predicted octanol–water partition coefficient (Wildman–Crippen LogP) is 6.66. The van der Waals surface area contributed by atoms with Crippen molar-refractivity contribution in [2.75, 3.05) is 18.6 Å². The van der Waals surface area contributed by atoms with Gasteiger partial charge in [-0.05, 0) is 84.7 Å². The molecule has 202 valence electrons. The Morgan fingerprint density at radius 1 is 0.947 bits per heavy atom. The zero-order valence-corrected chi connectivity index (χ0v) is 23.5. The van der Waals surface area contributed by atoms with Crippen molar-refractivity contribution in [1.82, 2.24) is 10.6 Å². The molecule has 0 saturated carbocycles. The number of carbonyl (C=O) groups is 2. The highest BCUT2D eigenvalue weighted by Crippen LogP contribution is 2.31. The molecule has 0 aliphatic rings. The summed E-state index contributed by atoms with van der Waals surface area (Å²) in [5, 5.41) is 16.2. The molecule has 2 unspecified atom stereocenters. The zero-order valence-electron chi connectivity index (χ0n) is 22.7. The lowest BCUT2D eigenvalue weighted by Gasteiger charge is -2.22. The average molecular weight is 533 g/mol. The van der Waals surface area contributed by atoms with Crippen LogP contribution in [0.2, 0.25) is 0 Å². The van der Waals surface area contributed by atoms with Crippen molar-refractivity contribution in [2.45, 2.75) is 58.0 Å². The lowest BCUT2D eigenvalue weighted by molar-refractivity contribution is -0.139. The van der Waals surface area contributed by atoms with Crippen molar-refractivity contribution in [3.8, 4) is 11.1 Å². The third-order valence-corrected chi connectivity index (χ3v) is 7.48. The van der Waals surface area contributed by atoms with Gasteiger partial charge in [0.15, 0.2) is 0 Å². The second kappa shape index (κ2) is 15.4. The maximum absolute atomic E-state index is 13.4. The summed E-state index contributed by atoms with van der Waals surface area (Å²) < 4.78 is 0. The van der Waals surface area contributed by atoms with Crippen molar-refractivity contribution in [1.29, 1.82) is 0 Å². The number of rotatable bonds is 15. The van der Waals surface area contributed by atoms with Gasteiger partial charge in [0.05, 0.1) is 0 Å². The van der Waals surface area contributed by atoms with E-state index >= 15 is 0 Å². The van der Waals surface area contributed by atoms with Crippen LogP contribution in [0.5, 0.6) is 0 Å². The quantitative estimate of drug-likeness (QED) is 0.204. The van der Waals surface area contributed by atoms with Gasteiger partial charge in [-0.25, -0.2) is 4.79 Å². The molecule has 0 radical (unpaired) electrons. The first-order valence-corrected chi connectivity index (χ1v) is 14.8. The number of amides is 1. The highest BCUT2D eigenvalue weighted by Gasteiger charge is 2.23. The van der Waals surface area contributed by atoms with Gasteiger partial charge >= 0.3 is 5.97 Å². The first kappa shape index (κ1) is 29.5. The number of unbranched alkanes of at least 4 members (excludes halogenated alkanes) is 1. The fourth-order valence-corrected chi connectivity index (χ4v) is 5.11. The Bertz CT molecular complexity index is 1180. The Balaban J connectivity index is 1.92. The fourth-order valence-electron chi connectivity index (χ4n) is 4.63. The second-order valence-electron chi connectivity index (χ2n) is 9.65. The first-order chi connectivity index (χ1) is 18.4. The van der Waals surface area contributed by atoms with Crippen molar-refractivity contribution in [3.05, 3.63) is 95.1 Å². The molecule has 0 bridgehead atoms. The van der Waals surface area contributed by atoms with Crippen LogP contribution >= 0.6 is 11.8 Å². The lowest BCUT2D eigenvalue weighted by Crippen LogP contribution is -2.41. The number of hydrogen-bond donors (Lipinski definition) is 3. The van der Waals surface area contributed by atoms with Gasteiger partial charge in [-0.3, -0.25) is 4.79 Å². The van der Waals surface area contributed by atoms with E-state index in [1.807, 2.05) is 55.6 Å². The van der Waals surface area contributed by atoms with Crippen LogP contribution in [-0.4, -0.2) is 41.6 Å². The third kappa shape index (κ3) is 8.47. The highest BCUT2D eigenvalue weighted by molar-refractivity contribution is 7.98. The summed E-state index contributed by atoms with van der Waals surface area (Å²) in [6, 6.07) is 23.7. The first-order valence-electron chi connectivity index (χ1n) is 13.4. The average Bonchev–Trinajstić information content (AvgIpc) is 2.93. The van der Waals surface area contributed by atoms with Gasteiger partial charge in [0.2, 0.25) is 0 Å². The van der Waals surface area contributed by atoms with E-state index < -0.39 is 12.0 Å². The van der Waals surface area contributed by atoms with Crippen LogP contribution in [0.25, 0.3) is 11.1 Å². The fraction of sp³-hybridized carbons (Fsp3) is 0.375. The molecule has 3 aromatic carbocycles. The number of aryl methyl sites for hydroxylation is 1. The summed E-state index contributed by atoms with van der Waals surface area (Å²) in [4.78, 5) is 25.2. The number of carbonyl (C=O) groups excluding carboxylic acids is 1. The normalized spacial score (nSPS) is 12.6. The molecule has 3 aromatic rings. The molecule has 0 spiro atoms. The molecule has 0 aliphatic carbocycles. The van der Waals surface area contributed by atoms with Crippen molar-refractivity contribution in [2.24, 2.45) is 0 Å². The Morgan fingerprint density at radius 2 is 1.68 bits per heavy atom. The van der Waals surface area contributed by atoms with E-state index in [1.54, 1.807) is 11.8 Å². The summed E-state index contributed by atoms with van der Waals surface area (Å²) in [6.45, 7) is 5.09. The molecule has 0 fully saturated rings. The predicted molar refractivity (Wildman–Crippen MR) is 159 cm³/mol. The van der Waals surface area contributed by atoms with E-state index in [0.29, 0.717) is 17.7 Å². The minimum absolute atomic E-state index is 0.159. The van der Waals surface area contributed by atoms with E-state index in [4.69, 9.17) is 0 Å². The number of carboxylic acid groups (broad SMARTS) is 1. The van der Waals surface area contributed by atoms with E-state index in [1.165, 1.54) is 5.56 Å². The lowest BCUT2D eigenvalue weighted by atomic mass is 9.90. The van der Waals surface area contributed by atoms with Crippen LogP contribution in [0.4, 0.5) is 0 Å². The van der Waals surface area contributed by atoms with Gasteiger partial charge in [-0.1, -0.05) is 80.4 Å². The second-order valence-corrected chi connectivity index (χ2v) is 10.6. The monoisotopic (exact) mass is 532 g/mol. The summed E-state index contributed by atoms with van der Waals surface area (Å²) in [5.41, 5.74) is 5.82. The van der Waals surface area contributed by atoms with Gasteiger partial charge in [0.25, 0.3) is 5.91 Å². The zero-order chi connectivity index (χ0) is 27.3. The van der Waals surface area contributed by atoms with Crippen molar-refractivity contribution in [3.63, 3.8) is 0 Å². The number of benzene rings is 3. The van der Waals surface area contributed by atoms with Crippen LogP contribution in [-0.2, 0) is 11.2 Å². The smallest absolute Gasteiger partial charge is 0.326 e. The number of carboxylic acids is 1. The van der Waals surface area contributed by atoms with Gasteiger partial charge in [0.1, 0.15) is 6.04 Å². The topological polar surface area (TPSA) is 78.4 Å². The standard InChI is InChI=1S/C32H40N2O3S/c1-4-5-15-29(33-20-18-24-12-7-6-8-13-24)25-16-17-27(28(22-25)26-14-10-9-11-23(26)2)31(35)34-30(32(36)37)19-21-38-3/h6-14,16-17,22,29-30,33H,4-5,15,18-21H2,1-3H3,(H,34,35)(H,36,37). The Kier molecular flexibility index (Phi) is 11.9. The summed E-state index contributed by atoms with van der Waals surface area (Å²) in [5.74, 6) is -0.705. The molecule has 0 saturated heterocycles. The SMILES string of the molecule is CCCCC(NCCc1ccccc1)c1ccc(C(=O)NC(CCSC)C(=O)O)c(-c2ccccc2C)c1. The Hall–Kier alpha value is -3.09. The van der Waals surface area contributed by atoms with Gasteiger partial charge in [-0.15, -0.1) is 0 Å². The van der Waals surface area contributed by atoms with Gasteiger partial charge < -0.3 is 15.7 Å².